The second kappa shape index (κ2) is 6.75. The Bertz CT molecular complexity index is 892. The summed E-state index contributed by atoms with van der Waals surface area (Å²) in [5.74, 6) is 1.67. The van der Waals surface area contributed by atoms with E-state index in [9.17, 15) is 0 Å². The van der Waals surface area contributed by atoms with Gasteiger partial charge in [0.05, 0.1) is 5.02 Å². The minimum absolute atomic E-state index is 0.329. The highest BCUT2D eigenvalue weighted by Gasteiger charge is 2.21. The molecule has 3 aromatic rings. The Morgan fingerprint density at radius 2 is 2.20 bits per heavy atom. The van der Waals surface area contributed by atoms with Crippen LogP contribution in [0, 0.1) is 18.1 Å². The summed E-state index contributed by atoms with van der Waals surface area (Å²) in [6, 6.07) is 8.81. The zero-order valence-electron chi connectivity index (χ0n) is 13.4. The van der Waals surface area contributed by atoms with Crippen LogP contribution in [-0.2, 0) is 11.3 Å². The molecule has 4 rings (SSSR count). The van der Waals surface area contributed by atoms with Gasteiger partial charge in [-0.25, -0.2) is 14.6 Å². The molecule has 0 spiro atoms. The van der Waals surface area contributed by atoms with Crippen LogP contribution in [0.5, 0.6) is 11.6 Å². The second-order valence-electron chi connectivity index (χ2n) is 5.91. The second-order valence-corrected chi connectivity index (χ2v) is 6.32. The molecule has 25 heavy (non-hydrogen) atoms. The fourth-order valence-corrected chi connectivity index (χ4v) is 3.08. The van der Waals surface area contributed by atoms with Gasteiger partial charge in [-0.05, 0) is 24.8 Å². The molecule has 0 aliphatic carbocycles. The molecule has 0 radical (unpaired) electrons. The van der Waals surface area contributed by atoms with Gasteiger partial charge < -0.3 is 15.2 Å². The predicted molar refractivity (Wildman–Crippen MR) is 92.5 cm³/mol. The van der Waals surface area contributed by atoms with Gasteiger partial charge in [0.1, 0.15) is 23.3 Å². The zero-order chi connectivity index (χ0) is 17.2. The molecular weight excluding hydrogens is 342 g/mol. The number of nitrogens with two attached hydrogens (primary N) is 1. The van der Waals surface area contributed by atoms with Crippen LogP contribution in [0.4, 0.5) is 5.82 Å². The summed E-state index contributed by atoms with van der Waals surface area (Å²) in [6.07, 6.45) is 3.43. The fraction of sp³-hybridized carbons (Fsp3) is 0.353. The Kier molecular flexibility index (Phi) is 4.30. The summed E-state index contributed by atoms with van der Waals surface area (Å²) in [4.78, 5) is 8.41. The highest BCUT2D eigenvalue weighted by atomic mass is 35.5. The fourth-order valence-electron chi connectivity index (χ4n) is 2.92. The van der Waals surface area contributed by atoms with Crippen molar-refractivity contribution < 1.29 is 9.47 Å². The minimum atomic E-state index is 0.329. The van der Waals surface area contributed by atoms with Crippen LogP contribution < -0.4 is 10.5 Å². The predicted octanol–water partition coefficient (Wildman–Crippen LogP) is 2.88. The van der Waals surface area contributed by atoms with Crippen LogP contribution in [0.25, 0.3) is 11.0 Å². The van der Waals surface area contributed by atoms with E-state index >= 15 is 0 Å². The molecule has 1 aliphatic rings. The van der Waals surface area contributed by atoms with E-state index < -0.39 is 0 Å². The van der Waals surface area contributed by atoms with Crippen molar-refractivity contribution in [1.29, 1.82) is 0 Å². The molecular formula is C17H16ClN5O2. The van der Waals surface area contributed by atoms with E-state index in [0.29, 0.717) is 39.4 Å². The molecule has 2 N–H and O–H groups in total. The molecule has 2 aromatic heterocycles. The lowest BCUT2D eigenvalue weighted by Gasteiger charge is -2.21. The Balaban J connectivity index is 1.70. The van der Waals surface area contributed by atoms with E-state index in [0.717, 1.165) is 32.6 Å². The van der Waals surface area contributed by atoms with Crippen molar-refractivity contribution in [2.75, 3.05) is 18.9 Å². The topological polar surface area (TPSA) is 88.1 Å². The van der Waals surface area contributed by atoms with Gasteiger partial charge in [0.25, 0.3) is 5.88 Å². The first-order valence-electron chi connectivity index (χ1n) is 8.02. The normalized spacial score (nSPS) is 15.2. The highest BCUT2D eigenvalue weighted by Crippen LogP contribution is 2.32. The molecule has 0 atom stereocenters. The Morgan fingerprint density at radius 1 is 1.36 bits per heavy atom. The third-order valence-electron chi connectivity index (χ3n) is 4.19. The van der Waals surface area contributed by atoms with Crippen LogP contribution in [0.15, 0.2) is 18.5 Å². The lowest BCUT2D eigenvalue weighted by atomic mass is 10.0. The van der Waals surface area contributed by atoms with Gasteiger partial charge >= 0.3 is 0 Å². The van der Waals surface area contributed by atoms with Gasteiger partial charge in [0, 0.05) is 31.9 Å². The number of fused-ring (bicyclic) bond motifs is 1. The number of hydrogen-bond donors (Lipinski definition) is 1. The van der Waals surface area contributed by atoms with E-state index in [2.05, 4.69) is 27.2 Å². The molecule has 0 bridgehead atoms. The summed E-state index contributed by atoms with van der Waals surface area (Å²) < 4.78 is 13.1. The van der Waals surface area contributed by atoms with Gasteiger partial charge in [-0.2, -0.15) is 0 Å². The minimum Gasteiger partial charge on any atom is -0.436 e. The van der Waals surface area contributed by atoms with Crippen molar-refractivity contribution in [1.82, 2.24) is 19.7 Å². The van der Waals surface area contributed by atoms with Crippen molar-refractivity contribution in [2.24, 2.45) is 5.92 Å². The van der Waals surface area contributed by atoms with E-state index in [1.807, 2.05) is 4.68 Å². The van der Waals surface area contributed by atoms with E-state index in [4.69, 9.17) is 26.8 Å². The average Bonchev–Trinajstić information content (AvgIpc) is 2.95. The largest absolute Gasteiger partial charge is 0.436 e. The van der Waals surface area contributed by atoms with Crippen molar-refractivity contribution >= 4 is 28.5 Å². The number of ether oxygens (including phenoxy) is 2. The molecule has 1 aliphatic heterocycles. The van der Waals surface area contributed by atoms with Gasteiger partial charge in [0.15, 0.2) is 5.65 Å². The maximum absolute atomic E-state index is 6.04. The Labute approximate surface area is 149 Å². The summed E-state index contributed by atoms with van der Waals surface area (Å²) in [5, 5.41) is 5.58. The molecule has 0 amide bonds. The van der Waals surface area contributed by atoms with Crippen LogP contribution in [0.3, 0.4) is 0 Å². The molecule has 1 fully saturated rings. The Hall–Kier alpha value is -2.56. The number of hydrogen-bond acceptors (Lipinski definition) is 6. The first-order valence-corrected chi connectivity index (χ1v) is 8.40. The molecule has 0 saturated carbocycles. The molecule has 0 unspecified atom stereocenters. The van der Waals surface area contributed by atoms with Crippen LogP contribution in [0.2, 0.25) is 5.02 Å². The molecule has 3 heterocycles. The van der Waals surface area contributed by atoms with E-state index in [1.54, 1.807) is 12.1 Å². The van der Waals surface area contributed by atoms with Gasteiger partial charge in [-0.15, -0.1) is 5.10 Å². The first-order chi connectivity index (χ1) is 12.2. The standard InChI is InChI=1S/C17H16ClN5O2/c18-12-2-1-3-13(8-12)25-17-14-15(19)20-10-21-16(14)23(22-17)9-11-4-6-24-7-5-11/h3,8,10-11H,4-7,9H2,(H2,19,20,21). The smallest absolute Gasteiger partial charge is 0.251 e. The van der Waals surface area contributed by atoms with Crippen molar-refractivity contribution in [3.8, 4) is 11.6 Å². The number of halogens is 1. The molecule has 8 heteroatoms. The Morgan fingerprint density at radius 3 is 3.00 bits per heavy atom. The lowest BCUT2D eigenvalue weighted by Crippen LogP contribution is -2.21. The van der Waals surface area contributed by atoms with Gasteiger partial charge in [-0.1, -0.05) is 17.7 Å². The SMILES string of the molecule is Nc1ncnc2c1c(Oc1cc#cc(Cl)c1)nn2CC1CCOCC1. The van der Waals surface area contributed by atoms with E-state index in [1.165, 1.54) is 6.33 Å². The number of nitrogen functional groups attached to an aromatic ring is 1. The lowest BCUT2D eigenvalue weighted by molar-refractivity contribution is 0.0604. The van der Waals surface area contributed by atoms with Crippen molar-refractivity contribution in [2.45, 2.75) is 19.4 Å². The zero-order valence-corrected chi connectivity index (χ0v) is 14.2. The van der Waals surface area contributed by atoms with E-state index in [-0.39, 0.29) is 0 Å². The number of nitrogens with zero attached hydrogens (tertiary/aromatic N) is 4. The third-order valence-corrected chi connectivity index (χ3v) is 4.39. The first kappa shape index (κ1) is 15.9. The molecule has 1 saturated heterocycles. The van der Waals surface area contributed by atoms with Crippen LogP contribution in [-0.4, -0.2) is 33.0 Å². The maximum Gasteiger partial charge on any atom is 0.251 e. The van der Waals surface area contributed by atoms with Crippen LogP contribution >= 0.6 is 11.6 Å². The highest BCUT2D eigenvalue weighted by molar-refractivity contribution is 6.30. The van der Waals surface area contributed by atoms with Crippen LogP contribution in [0.1, 0.15) is 12.8 Å². The summed E-state index contributed by atoms with van der Waals surface area (Å²) in [5.41, 5.74) is 6.70. The molecule has 1 aromatic carbocycles. The summed E-state index contributed by atoms with van der Waals surface area (Å²) >= 11 is 5.94. The number of anilines is 1. The molecule has 7 nitrogen and oxygen atoms in total. The summed E-state index contributed by atoms with van der Waals surface area (Å²) in [7, 11) is 0. The molecule has 128 valence electrons. The van der Waals surface area contributed by atoms with Gasteiger partial charge in [-0.3, -0.25) is 0 Å². The maximum atomic E-state index is 6.04. The van der Waals surface area contributed by atoms with Gasteiger partial charge in [0.2, 0.25) is 0 Å². The quantitative estimate of drug-likeness (QED) is 0.772. The number of aromatic nitrogens is 4. The number of rotatable bonds is 4. The average molecular weight is 358 g/mol. The third kappa shape index (κ3) is 3.31. The summed E-state index contributed by atoms with van der Waals surface area (Å²) in [6.45, 7) is 2.29. The van der Waals surface area contributed by atoms with Crippen molar-refractivity contribution in [3.63, 3.8) is 0 Å². The van der Waals surface area contributed by atoms with Crippen molar-refractivity contribution in [3.05, 3.63) is 35.6 Å². The monoisotopic (exact) mass is 357 g/mol.